The number of halogens is 1. The Balaban J connectivity index is 1.65. The third kappa shape index (κ3) is 3.03. The van der Waals surface area contributed by atoms with E-state index in [0.29, 0.717) is 17.4 Å². The van der Waals surface area contributed by atoms with E-state index in [-0.39, 0.29) is 5.78 Å². The SMILES string of the molecule is O=C(CSc1nnnn1C1CC1)c1cccc(Br)c1. The van der Waals surface area contributed by atoms with Crippen molar-refractivity contribution in [2.45, 2.75) is 24.0 Å². The van der Waals surface area contributed by atoms with Gasteiger partial charge in [0.05, 0.1) is 11.8 Å². The number of ketones is 1. The van der Waals surface area contributed by atoms with Crippen molar-refractivity contribution in [1.29, 1.82) is 0 Å². The van der Waals surface area contributed by atoms with Crippen LogP contribution in [0.2, 0.25) is 0 Å². The molecule has 0 unspecified atom stereocenters. The largest absolute Gasteiger partial charge is 0.293 e. The number of carbonyl (C=O) groups is 1. The van der Waals surface area contributed by atoms with Gasteiger partial charge in [-0.25, -0.2) is 4.68 Å². The minimum atomic E-state index is 0.0802. The summed E-state index contributed by atoms with van der Waals surface area (Å²) in [5, 5.41) is 12.3. The van der Waals surface area contributed by atoms with E-state index in [1.54, 1.807) is 0 Å². The van der Waals surface area contributed by atoms with Gasteiger partial charge >= 0.3 is 0 Å². The second kappa shape index (κ2) is 5.42. The topological polar surface area (TPSA) is 60.7 Å². The van der Waals surface area contributed by atoms with E-state index in [1.165, 1.54) is 11.8 Å². The molecule has 3 rings (SSSR count). The third-order valence-corrected chi connectivity index (χ3v) is 4.26. The van der Waals surface area contributed by atoms with Gasteiger partial charge in [0.1, 0.15) is 0 Å². The molecule has 0 atom stereocenters. The Morgan fingerprint density at radius 2 is 2.32 bits per heavy atom. The predicted octanol–water partition coefficient (Wildman–Crippen LogP) is 2.75. The number of aromatic nitrogens is 4. The molecular formula is C12H11BrN4OS. The monoisotopic (exact) mass is 338 g/mol. The van der Waals surface area contributed by atoms with E-state index in [0.717, 1.165) is 22.5 Å². The molecule has 0 radical (unpaired) electrons. The first-order valence-corrected chi connectivity index (χ1v) is 7.71. The van der Waals surface area contributed by atoms with Gasteiger partial charge in [-0.05, 0) is 35.4 Å². The molecule has 2 aromatic rings. The Labute approximate surface area is 122 Å². The first-order valence-electron chi connectivity index (χ1n) is 5.93. The fraction of sp³-hybridized carbons (Fsp3) is 0.333. The highest BCUT2D eigenvalue weighted by Crippen LogP contribution is 2.36. The fourth-order valence-electron chi connectivity index (χ4n) is 1.70. The van der Waals surface area contributed by atoms with Gasteiger partial charge in [0.2, 0.25) is 5.16 Å². The number of rotatable bonds is 5. The molecule has 1 aliphatic carbocycles. The molecule has 0 amide bonds. The van der Waals surface area contributed by atoms with Crippen LogP contribution in [0.4, 0.5) is 0 Å². The molecule has 1 fully saturated rings. The lowest BCUT2D eigenvalue weighted by Crippen LogP contribution is -2.05. The van der Waals surface area contributed by atoms with Crippen LogP contribution in [0.25, 0.3) is 0 Å². The van der Waals surface area contributed by atoms with Crippen LogP contribution in [-0.4, -0.2) is 31.7 Å². The van der Waals surface area contributed by atoms with Crippen LogP contribution < -0.4 is 0 Å². The van der Waals surface area contributed by atoms with E-state index < -0.39 is 0 Å². The summed E-state index contributed by atoms with van der Waals surface area (Å²) in [5.41, 5.74) is 0.701. The first-order chi connectivity index (χ1) is 9.24. The molecule has 0 bridgehead atoms. The molecule has 19 heavy (non-hydrogen) atoms. The summed E-state index contributed by atoms with van der Waals surface area (Å²) < 4.78 is 2.73. The van der Waals surface area contributed by atoms with Gasteiger partial charge < -0.3 is 0 Å². The van der Waals surface area contributed by atoms with Crippen LogP contribution in [0.15, 0.2) is 33.9 Å². The quantitative estimate of drug-likeness (QED) is 0.619. The number of Topliss-reactive ketones (excluding diaryl/α,β-unsaturated/α-hetero) is 1. The summed E-state index contributed by atoms with van der Waals surface area (Å²) >= 11 is 4.76. The zero-order valence-corrected chi connectivity index (χ0v) is 12.4. The average Bonchev–Trinajstić information content (AvgIpc) is 3.15. The fourth-order valence-corrected chi connectivity index (χ4v) is 2.94. The summed E-state index contributed by atoms with van der Waals surface area (Å²) in [6.07, 6.45) is 2.25. The number of hydrogen-bond donors (Lipinski definition) is 0. The van der Waals surface area contributed by atoms with E-state index in [4.69, 9.17) is 0 Å². The maximum atomic E-state index is 12.1. The van der Waals surface area contributed by atoms with Crippen LogP contribution >= 0.6 is 27.7 Å². The Morgan fingerprint density at radius 1 is 1.47 bits per heavy atom. The van der Waals surface area contributed by atoms with Crippen LogP contribution in [0.1, 0.15) is 29.2 Å². The van der Waals surface area contributed by atoms with Gasteiger partial charge in [-0.15, -0.1) is 5.10 Å². The van der Waals surface area contributed by atoms with Gasteiger partial charge in [-0.3, -0.25) is 4.79 Å². The molecule has 1 aromatic carbocycles. The predicted molar refractivity (Wildman–Crippen MR) is 75.3 cm³/mol. The molecule has 1 heterocycles. The summed E-state index contributed by atoms with van der Waals surface area (Å²) in [5.74, 6) is 0.431. The number of thioether (sulfide) groups is 1. The second-order valence-corrected chi connectivity index (χ2v) is 6.22. The Bertz CT molecular complexity index is 611. The average molecular weight is 339 g/mol. The maximum absolute atomic E-state index is 12.1. The van der Waals surface area contributed by atoms with Crippen LogP contribution in [0.5, 0.6) is 0 Å². The molecule has 1 aromatic heterocycles. The molecule has 98 valence electrons. The number of carbonyl (C=O) groups excluding carboxylic acids is 1. The minimum Gasteiger partial charge on any atom is -0.293 e. The van der Waals surface area contributed by atoms with E-state index in [1.807, 2.05) is 28.9 Å². The van der Waals surface area contributed by atoms with Crippen molar-refractivity contribution in [2.24, 2.45) is 0 Å². The Kier molecular flexibility index (Phi) is 3.65. The van der Waals surface area contributed by atoms with Crippen molar-refractivity contribution in [1.82, 2.24) is 20.2 Å². The molecule has 1 saturated carbocycles. The van der Waals surface area contributed by atoms with Crippen LogP contribution in [0, 0.1) is 0 Å². The highest BCUT2D eigenvalue weighted by molar-refractivity contribution is 9.10. The summed E-state index contributed by atoms with van der Waals surface area (Å²) in [6.45, 7) is 0. The standard InChI is InChI=1S/C12H11BrN4OS/c13-9-3-1-2-8(6-9)11(18)7-19-12-14-15-16-17(12)10-4-5-10/h1-3,6,10H,4-5,7H2. The summed E-state index contributed by atoms with van der Waals surface area (Å²) in [7, 11) is 0. The first kappa shape index (κ1) is 12.8. The zero-order chi connectivity index (χ0) is 13.2. The van der Waals surface area contributed by atoms with Gasteiger partial charge in [0.25, 0.3) is 0 Å². The van der Waals surface area contributed by atoms with Crippen molar-refractivity contribution < 1.29 is 4.79 Å². The van der Waals surface area contributed by atoms with Crippen LogP contribution in [0.3, 0.4) is 0 Å². The molecule has 0 aliphatic heterocycles. The lowest BCUT2D eigenvalue weighted by atomic mass is 10.2. The molecule has 5 nitrogen and oxygen atoms in total. The lowest BCUT2D eigenvalue weighted by molar-refractivity contribution is 0.102. The number of benzene rings is 1. The van der Waals surface area contributed by atoms with E-state index in [2.05, 4.69) is 31.5 Å². The summed E-state index contributed by atoms with van der Waals surface area (Å²) in [4.78, 5) is 12.1. The van der Waals surface area contributed by atoms with Crippen molar-refractivity contribution >= 4 is 33.5 Å². The highest BCUT2D eigenvalue weighted by atomic mass is 79.9. The Morgan fingerprint density at radius 3 is 3.05 bits per heavy atom. The third-order valence-electron chi connectivity index (χ3n) is 2.83. The zero-order valence-electron chi connectivity index (χ0n) is 9.99. The summed E-state index contributed by atoms with van der Waals surface area (Å²) in [6, 6.07) is 7.83. The van der Waals surface area contributed by atoms with Gasteiger partial charge in [-0.2, -0.15) is 0 Å². The Hall–Kier alpha value is -1.21. The lowest BCUT2D eigenvalue weighted by Gasteiger charge is -2.02. The van der Waals surface area contributed by atoms with Crippen molar-refractivity contribution in [3.63, 3.8) is 0 Å². The van der Waals surface area contributed by atoms with Crippen LogP contribution in [-0.2, 0) is 0 Å². The van der Waals surface area contributed by atoms with Gasteiger partial charge in [0.15, 0.2) is 5.78 Å². The van der Waals surface area contributed by atoms with E-state index >= 15 is 0 Å². The molecule has 0 N–H and O–H groups in total. The maximum Gasteiger partial charge on any atom is 0.210 e. The van der Waals surface area contributed by atoms with E-state index in [9.17, 15) is 4.79 Å². The highest BCUT2D eigenvalue weighted by Gasteiger charge is 2.28. The normalized spacial score (nSPS) is 14.6. The molecule has 0 saturated heterocycles. The van der Waals surface area contributed by atoms with Gasteiger partial charge in [0, 0.05) is 10.0 Å². The number of tetrazole rings is 1. The van der Waals surface area contributed by atoms with Crippen molar-refractivity contribution in [2.75, 3.05) is 5.75 Å². The molecule has 7 heteroatoms. The molecule has 0 spiro atoms. The van der Waals surface area contributed by atoms with Crippen molar-refractivity contribution in [3.05, 3.63) is 34.3 Å². The number of nitrogens with zero attached hydrogens (tertiary/aromatic N) is 4. The van der Waals surface area contributed by atoms with Crippen molar-refractivity contribution in [3.8, 4) is 0 Å². The molecular weight excluding hydrogens is 328 g/mol. The minimum absolute atomic E-state index is 0.0802. The van der Waals surface area contributed by atoms with Gasteiger partial charge in [-0.1, -0.05) is 39.8 Å². The second-order valence-electron chi connectivity index (χ2n) is 4.36. The molecule has 1 aliphatic rings. The smallest absolute Gasteiger partial charge is 0.210 e. The number of hydrogen-bond acceptors (Lipinski definition) is 5.